The van der Waals surface area contributed by atoms with Gasteiger partial charge in [-0.25, -0.2) is 0 Å². The molecule has 0 saturated carbocycles. The van der Waals surface area contributed by atoms with Gasteiger partial charge < -0.3 is 9.88 Å². The van der Waals surface area contributed by atoms with E-state index in [2.05, 4.69) is 15.5 Å². The smallest absolute Gasteiger partial charge is 0.234 e. The van der Waals surface area contributed by atoms with E-state index in [-0.39, 0.29) is 11.7 Å². The summed E-state index contributed by atoms with van der Waals surface area (Å²) in [4.78, 5) is 13.2. The Bertz CT molecular complexity index is 912. The van der Waals surface area contributed by atoms with Crippen molar-refractivity contribution in [2.45, 2.75) is 5.16 Å². The number of rotatable bonds is 5. The summed E-state index contributed by atoms with van der Waals surface area (Å²) >= 11 is 20.8. The van der Waals surface area contributed by atoms with Crippen molar-refractivity contribution in [3.8, 4) is 10.7 Å². The van der Waals surface area contributed by atoms with E-state index in [0.29, 0.717) is 25.9 Å². The molecule has 0 aliphatic rings. The fraction of sp³-hybridized carbons (Fsp3) is 0.133. The Labute approximate surface area is 167 Å². The molecule has 5 nitrogen and oxygen atoms in total. The van der Waals surface area contributed by atoms with E-state index in [1.54, 1.807) is 11.3 Å². The summed E-state index contributed by atoms with van der Waals surface area (Å²) in [6.45, 7) is 0. The van der Waals surface area contributed by atoms with Crippen molar-refractivity contribution in [3.63, 3.8) is 0 Å². The molecule has 0 saturated heterocycles. The molecule has 2 aromatic heterocycles. The zero-order valence-corrected chi connectivity index (χ0v) is 16.7. The van der Waals surface area contributed by atoms with E-state index in [1.807, 2.05) is 29.1 Å². The van der Waals surface area contributed by atoms with Crippen LogP contribution < -0.4 is 5.32 Å². The molecule has 0 radical (unpaired) electrons. The van der Waals surface area contributed by atoms with Crippen LogP contribution in [-0.2, 0) is 11.8 Å². The third kappa shape index (κ3) is 4.30. The van der Waals surface area contributed by atoms with Crippen molar-refractivity contribution in [1.82, 2.24) is 14.8 Å². The van der Waals surface area contributed by atoms with E-state index in [4.69, 9.17) is 34.8 Å². The van der Waals surface area contributed by atoms with Crippen molar-refractivity contribution < 1.29 is 4.79 Å². The lowest BCUT2D eigenvalue weighted by Crippen LogP contribution is -2.14. The summed E-state index contributed by atoms with van der Waals surface area (Å²) < 4.78 is 1.86. The van der Waals surface area contributed by atoms with Gasteiger partial charge in [0.15, 0.2) is 11.0 Å². The summed E-state index contributed by atoms with van der Waals surface area (Å²) in [6.07, 6.45) is 0. The lowest BCUT2D eigenvalue weighted by atomic mass is 10.3. The molecule has 0 aliphatic carbocycles. The topological polar surface area (TPSA) is 59.8 Å². The predicted molar refractivity (Wildman–Crippen MR) is 105 cm³/mol. The summed E-state index contributed by atoms with van der Waals surface area (Å²) in [5, 5.41) is 14.6. The van der Waals surface area contributed by atoms with Gasteiger partial charge in [0.1, 0.15) is 0 Å². The van der Waals surface area contributed by atoms with Gasteiger partial charge in [0.2, 0.25) is 5.91 Å². The molecule has 0 unspecified atom stereocenters. The maximum absolute atomic E-state index is 12.2. The number of aromatic nitrogens is 3. The Balaban J connectivity index is 1.64. The van der Waals surface area contributed by atoms with E-state index in [0.717, 1.165) is 10.7 Å². The van der Waals surface area contributed by atoms with Crippen LogP contribution in [0.1, 0.15) is 0 Å². The second kappa shape index (κ2) is 7.97. The first kappa shape index (κ1) is 18.5. The number of thioether (sulfide) groups is 1. The highest BCUT2D eigenvalue weighted by atomic mass is 35.5. The molecule has 0 bridgehead atoms. The van der Waals surface area contributed by atoms with Gasteiger partial charge in [-0.2, -0.15) is 0 Å². The molecule has 10 heteroatoms. The molecule has 0 atom stereocenters. The standard InChI is InChI=1S/C15H11Cl3N4OS2/c1-22-14(12-3-2-4-24-12)20-21-15(22)25-7-13(23)19-11-6-9(17)8(16)5-10(11)18/h2-6H,7H2,1H3,(H,19,23). The van der Waals surface area contributed by atoms with Crippen molar-refractivity contribution in [3.05, 3.63) is 44.7 Å². The minimum absolute atomic E-state index is 0.160. The SMILES string of the molecule is Cn1c(SCC(=O)Nc2cc(Cl)c(Cl)cc2Cl)nnc1-c1cccs1. The van der Waals surface area contributed by atoms with Crippen molar-refractivity contribution in [2.24, 2.45) is 7.05 Å². The molecule has 0 spiro atoms. The quantitative estimate of drug-likeness (QED) is 0.442. The van der Waals surface area contributed by atoms with Gasteiger partial charge in [0.25, 0.3) is 0 Å². The third-order valence-corrected chi connectivity index (χ3v) is 6.11. The molecule has 1 N–H and O–H groups in total. The number of hydrogen-bond donors (Lipinski definition) is 1. The van der Waals surface area contributed by atoms with Gasteiger partial charge in [-0.15, -0.1) is 21.5 Å². The molecule has 0 aliphatic heterocycles. The fourth-order valence-electron chi connectivity index (χ4n) is 2.00. The lowest BCUT2D eigenvalue weighted by Gasteiger charge is -2.08. The van der Waals surface area contributed by atoms with Crippen molar-refractivity contribution in [2.75, 3.05) is 11.1 Å². The predicted octanol–water partition coefficient (Wildman–Crippen LogP) is 5.23. The first-order valence-electron chi connectivity index (χ1n) is 6.96. The van der Waals surface area contributed by atoms with E-state index in [9.17, 15) is 4.79 Å². The highest BCUT2D eigenvalue weighted by Gasteiger charge is 2.14. The van der Waals surface area contributed by atoms with E-state index in [1.165, 1.54) is 23.9 Å². The number of carbonyl (C=O) groups is 1. The number of nitrogens with zero attached hydrogens (tertiary/aromatic N) is 3. The Kier molecular flexibility index (Phi) is 5.91. The lowest BCUT2D eigenvalue weighted by molar-refractivity contribution is -0.113. The molecule has 25 heavy (non-hydrogen) atoms. The molecule has 130 valence electrons. The monoisotopic (exact) mass is 432 g/mol. The highest BCUT2D eigenvalue weighted by molar-refractivity contribution is 7.99. The van der Waals surface area contributed by atoms with Gasteiger partial charge >= 0.3 is 0 Å². The van der Waals surface area contributed by atoms with Crippen LogP contribution in [0.25, 0.3) is 10.7 Å². The number of benzene rings is 1. The van der Waals surface area contributed by atoms with Gasteiger partial charge in [0, 0.05) is 7.05 Å². The number of carbonyl (C=O) groups excluding carboxylic acids is 1. The van der Waals surface area contributed by atoms with Crippen LogP contribution >= 0.6 is 57.9 Å². The number of nitrogens with one attached hydrogen (secondary N) is 1. The normalized spacial score (nSPS) is 10.9. The molecule has 3 rings (SSSR count). The molecular formula is C15H11Cl3N4OS2. The van der Waals surface area contributed by atoms with Crippen LogP contribution in [0.15, 0.2) is 34.8 Å². The number of halogens is 3. The van der Waals surface area contributed by atoms with Crippen molar-refractivity contribution in [1.29, 1.82) is 0 Å². The van der Waals surface area contributed by atoms with Gasteiger partial charge in [-0.05, 0) is 23.6 Å². The van der Waals surface area contributed by atoms with Crippen LogP contribution in [0.4, 0.5) is 5.69 Å². The Hall–Kier alpha value is -1.25. The molecule has 1 amide bonds. The summed E-state index contributed by atoms with van der Waals surface area (Å²) in [5.41, 5.74) is 0.416. The second-order valence-corrected chi connectivity index (χ2v) is 8.04. The number of anilines is 1. The zero-order valence-electron chi connectivity index (χ0n) is 12.8. The van der Waals surface area contributed by atoms with E-state index < -0.39 is 0 Å². The highest BCUT2D eigenvalue weighted by Crippen LogP contribution is 2.32. The number of hydrogen-bond acceptors (Lipinski definition) is 5. The van der Waals surface area contributed by atoms with Gasteiger partial charge in [-0.1, -0.05) is 52.6 Å². The minimum atomic E-state index is -0.231. The maximum atomic E-state index is 12.2. The van der Waals surface area contributed by atoms with Gasteiger partial charge in [0.05, 0.1) is 31.4 Å². The van der Waals surface area contributed by atoms with Gasteiger partial charge in [-0.3, -0.25) is 4.79 Å². The van der Waals surface area contributed by atoms with Crippen LogP contribution in [0.2, 0.25) is 15.1 Å². The third-order valence-electron chi connectivity index (χ3n) is 3.19. The minimum Gasteiger partial charge on any atom is -0.324 e. The van der Waals surface area contributed by atoms with E-state index >= 15 is 0 Å². The average Bonchev–Trinajstić information content (AvgIpc) is 3.20. The van der Waals surface area contributed by atoms with Crippen LogP contribution in [-0.4, -0.2) is 26.4 Å². The average molecular weight is 434 g/mol. The summed E-state index contributed by atoms with van der Waals surface area (Å²) in [6, 6.07) is 6.94. The Morgan fingerprint density at radius 1 is 1.24 bits per heavy atom. The fourth-order valence-corrected chi connectivity index (χ4v) is 4.04. The van der Waals surface area contributed by atoms with Crippen LogP contribution in [0.3, 0.4) is 0 Å². The molecule has 0 fully saturated rings. The summed E-state index contributed by atoms with van der Waals surface area (Å²) in [7, 11) is 1.87. The molecule has 1 aromatic carbocycles. The number of amides is 1. The Morgan fingerprint density at radius 3 is 2.72 bits per heavy atom. The maximum Gasteiger partial charge on any atom is 0.234 e. The zero-order chi connectivity index (χ0) is 18.0. The number of thiophene rings is 1. The first-order chi connectivity index (χ1) is 12.0. The van der Waals surface area contributed by atoms with Crippen LogP contribution in [0.5, 0.6) is 0 Å². The Morgan fingerprint density at radius 2 is 2.00 bits per heavy atom. The van der Waals surface area contributed by atoms with Crippen molar-refractivity contribution >= 4 is 69.5 Å². The molecule has 2 heterocycles. The molecule has 3 aromatic rings. The first-order valence-corrected chi connectivity index (χ1v) is 9.96. The largest absolute Gasteiger partial charge is 0.324 e. The molecular weight excluding hydrogens is 423 g/mol. The summed E-state index contributed by atoms with van der Waals surface area (Å²) in [5.74, 6) is 0.698. The second-order valence-electron chi connectivity index (χ2n) is 4.93. The van der Waals surface area contributed by atoms with Crippen LogP contribution in [0, 0.1) is 0 Å².